The van der Waals surface area contributed by atoms with E-state index in [2.05, 4.69) is 19.9 Å². The second-order valence-electron chi connectivity index (χ2n) is 3.93. The minimum Gasteiger partial charge on any atom is -0.392 e. The molecule has 16 heavy (non-hydrogen) atoms. The average molecular weight is 236 g/mol. The van der Waals surface area contributed by atoms with E-state index in [0.717, 1.165) is 29.8 Å². The normalized spacial score (nSPS) is 25.3. The Bertz CT molecular complexity index is 500. The first-order chi connectivity index (χ1) is 7.84. The molecule has 3 rings (SSSR count). The molecule has 1 aliphatic rings. The van der Waals surface area contributed by atoms with Gasteiger partial charge >= 0.3 is 0 Å². The van der Waals surface area contributed by atoms with Crippen molar-refractivity contribution in [3.05, 3.63) is 12.7 Å². The van der Waals surface area contributed by atoms with Gasteiger partial charge in [-0.1, -0.05) is 11.8 Å². The van der Waals surface area contributed by atoms with Gasteiger partial charge in [-0.05, 0) is 19.3 Å². The van der Waals surface area contributed by atoms with Crippen molar-refractivity contribution in [3.63, 3.8) is 0 Å². The van der Waals surface area contributed by atoms with Crippen LogP contribution in [0.4, 0.5) is 0 Å². The smallest absolute Gasteiger partial charge is 0.181 e. The first-order valence-electron chi connectivity index (χ1n) is 5.33. The lowest BCUT2D eigenvalue weighted by atomic mass is 10.3. The zero-order valence-electron chi connectivity index (χ0n) is 8.63. The Kier molecular flexibility index (Phi) is 2.53. The molecule has 2 aromatic rings. The molecule has 0 aromatic carbocycles. The number of H-pyrrole nitrogens is 1. The lowest BCUT2D eigenvalue weighted by Crippen LogP contribution is -2.15. The number of hydrogen-bond donors (Lipinski definition) is 2. The van der Waals surface area contributed by atoms with Gasteiger partial charge in [0.15, 0.2) is 5.65 Å². The molecule has 2 atom stereocenters. The Morgan fingerprint density at radius 2 is 2.25 bits per heavy atom. The molecule has 2 N–H and O–H groups in total. The van der Waals surface area contributed by atoms with Crippen LogP contribution in [0.3, 0.4) is 0 Å². The molecular formula is C10H12N4OS. The van der Waals surface area contributed by atoms with Crippen molar-refractivity contribution in [1.29, 1.82) is 0 Å². The van der Waals surface area contributed by atoms with Gasteiger partial charge in [0.1, 0.15) is 16.9 Å². The number of nitrogens with one attached hydrogen (secondary N) is 1. The number of fused-ring (bicyclic) bond motifs is 1. The second-order valence-corrected chi connectivity index (χ2v) is 5.16. The first-order valence-corrected chi connectivity index (χ1v) is 6.21. The summed E-state index contributed by atoms with van der Waals surface area (Å²) in [4.78, 5) is 15.4. The molecule has 5 nitrogen and oxygen atoms in total. The van der Waals surface area contributed by atoms with Gasteiger partial charge in [0.25, 0.3) is 0 Å². The number of aromatic nitrogens is 4. The molecule has 0 amide bonds. The predicted molar refractivity (Wildman–Crippen MR) is 61.2 cm³/mol. The molecular weight excluding hydrogens is 224 g/mol. The number of thioether (sulfide) groups is 1. The number of hydrogen-bond acceptors (Lipinski definition) is 5. The van der Waals surface area contributed by atoms with Crippen LogP contribution in [-0.4, -0.2) is 36.4 Å². The van der Waals surface area contributed by atoms with Crippen LogP contribution in [0.2, 0.25) is 0 Å². The molecule has 1 fully saturated rings. The largest absolute Gasteiger partial charge is 0.392 e. The molecule has 0 unspecified atom stereocenters. The van der Waals surface area contributed by atoms with Gasteiger partial charge in [0, 0.05) is 5.25 Å². The highest BCUT2D eigenvalue weighted by atomic mass is 32.2. The van der Waals surface area contributed by atoms with Crippen molar-refractivity contribution in [2.45, 2.75) is 35.6 Å². The van der Waals surface area contributed by atoms with Crippen molar-refractivity contribution < 1.29 is 5.11 Å². The maximum Gasteiger partial charge on any atom is 0.181 e. The maximum absolute atomic E-state index is 9.78. The number of nitrogens with zero attached hydrogens (tertiary/aromatic N) is 3. The molecule has 2 aromatic heterocycles. The van der Waals surface area contributed by atoms with Crippen molar-refractivity contribution in [2.75, 3.05) is 0 Å². The minimum absolute atomic E-state index is 0.210. The van der Waals surface area contributed by atoms with Crippen LogP contribution in [-0.2, 0) is 0 Å². The fraction of sp³-hybridized carbons (Fsp3) is 0.500. The van der Waals surface area contributed by atoms with Gasteiger partial charge in [0.2, 0.25) is 0 Å². The number of rotatable bonds is 2. The fourth-order valence-electron chi connectivity index (χ4n) is 2.02. The highest BCUT2D eigenvalue weighted by molar-refractivity contribution is 8.00. The summed E-state index contributed by atoms with van der Waals surface area (Å²) in [6.45, 7) is 0. The van der Waals surface area contributed by atoms with Crippen molar-refractivity contribution in [2.24, 2.45) is 0 Å². The molecule has 1 saturated carbocycles. The SMILES string of the molecule is O[C@@H]1CCC[C@H]1Sc1ncnc2nc[nH]c12. The van der Waals surface area contributed by atoms with E-state index >= 15 is 0 Å². The summed E-state index contributed by atoms with van der Waals surface area (Å²) in [5.41, 5.74) is 1.55. The van der Waals surface area contributed by atoms with Crippen LogP contribution >= 0.6 is 11.8 Å². The molecule has 0 spiro atoms. The Hall–Kier alpha value is -1.14. The fourth-order valence-corrected chi connectivity index (χ4v) is 3.26. The number of aliphatic hydroxyl groups excluding tert-OH is 1. The monoisotopic (exact) mass is 236 g/mol. The van der Waals surface area contributed by atoms with Crippen LogP contribution in [0.5, 0.6) is 0 Å². The third-order valence-corrected chi connectivity index (χ3v) is 4.25. The third-order valence-electron chi connectivity index (χ3n) is 2.87. The molecule has 0 saturated heterocycles. The van der Waals surface area contributed by atoms with E-state index in [-0.39, 0.29) is 11.4 Å². The zero-order valence-corrected chi connectivity index (χ0v) is 9.44. The highest BCUT2D eigenvalue weighted by Crippen LogP contribution is 2.35. The molecule has 84 valence electrons. The summed E-state index contributed by atoms with van der Waals surface area (Å²) in [7, 11) is 0. The van der Waals surface area contributed by atoms with Crippen LogP contribution in [0.25, 0.3) is 11.2 Å². The Morgan fingerprint density at radius 1 is 1.31 bits per heavy atom. The lowest BCUT2D eigenvalue weighted by Gasteiger charge is -2.12. The highest BCUT2D eigenvalue weighted by Gasteiger charge is 2.27. The van der Waals surface area contributed by atoms with Gasteiger partial charge in [0.05, 0.1) is 12.4 Å². The second kappa shape index (κ2) is 4.03. The van der Waals surface area contributed by atoms with Crippen molar-refractivity contribution in [3.8, 4) is 0 Å². The number of imidazole rings is 1. The molecule has 0 aliphatic heterocycles. The molecule has 6 heteroatoms. The molecule has 2 heterocycles. The summed E-state index contributed by atoms with van der Waals surface area (Å²) >= 11 is 1.62. The third kappa shape index (κ3) is 1.68. The van der Waals surface area contributed by atoms with Crippen molar-refractivity contribution in [1.82, 2.24) is 19.9 Å². The molecule has 0 bridgehead atoms. The van der Waals surface area contributed by atoms with Gasteiger partial charge in [-0.3, -0.25) is 0 Å². The quantitative estimate of drug-likeness (QED) is 0.770. The summed E-state index contributed by atoms with van der Waals surface area (Å²) < 4.78 is 0. The minimum atomic E-state index is -0.210. The summed E-state index contributed by atoms with van der Waals surface area (Å²) in [6, 6.07) is 0. The van der Waals surface area contributed by atoms with Crippen LogP contribution < -0.4 is 0 Å². The van der Waals surface area contributed by atoms with Crippen molar-refractivity contribution >= 4 is 22.9 Å². The number of aromatic amines is 1. The molecule has 1 aliphatic carbocycles. The maximum atomic E-state index is 9.78. The zero-order chi connectivity index (χ0) is 11.0. The lowest BCUT2D eigenvalue weighted by molar-refractivity contribution is 0.188. The van der Waals surface area contributed by atoms with E-state index in [1.807, 2.05) is 0 Å². The van der Waals surface area contributed by atoms with Crippen LogP contribution in [0.15, 0.2) is 17.7 Å². The van der Waals surface area contributed by atoms with E-state index in [0.29, 0.717) is 5.65 Å². The standard InChI is InChI=1S/C10H12N4OS/c15-6-2-1-3-7(6)16-10-8-9(12-4-11-8)13-5-14-10/h4-7,15H,1-3H2,(H,11,12,13,14)/t6-,7-/m1/s1. The summed E-state index contributed by atoms with van der Waals surface area (Å²) in [5, 5.41) is 10.9. The van der Waals surface area contributed by atoms with E-state index in [1.54, 1.807) is 18.1 Å². The van der Waals surface area contributed by atoms with Gasteiger partial charge in [-0.25, -0.2) is 15.0 Å². The van der Waals surface area contributed by atoms with Crippen LogP contribution in [0, 0.1) is 0 Å². The van der Waals surface area contributed by atoms with E-state index in [4.69, 9.17) is 0 Å². The Morgan fingerprint density at radius 3 is 3.06 bits per heavy atom. The molecule has 0 radical (unpaired) electrons. The van der Waals surface area contributed by atoms with Crippen LogP contribution in [0.1, 0.15) is 19.3 Å². The first kappa shape index (κ1) is 10.0. The summed E-state index contributed by atoms with van der Waals surface area (Å²) in [5.74, 6) is 0. The average Bonchev–Trinajstić information content (AvgIpc) is 2.89. The van der Waals surface area contributed by atoms with Gasteiger partial charge in [-0.2, -0.15) is 0 Å². The van der Waals surface area contributed by atoms with E-state index < -0.39 is 0 Å². The Balaban J connectivity index is 1.91. The number of aliphatic hydroxyl groups is 1. The topological polar surface area (TPSA) is 74.7 Å². The van der Waals surface area contributed by atoms with E-state index in [9.17, 15) is 5.11 Å². The predicted octanol–water partition coefficient (Wildman–Crippen LogP) is 1.36. The summed E-state index contributed by atoms with van der Waals surface area (Å²) in [6.07, 6.45) is 5.97. The van der Waals surface area contributed by atoms with E-state index in [1.165, 1.54) is 6.33 Å². The van der Waals surface area contributed by atoms with Gasteiger partial charge in [-0.15, -0.1) is 0 Å². The van der Waals surface area contributed by atoms with Gasteiger partial charge < -0.3 is 10.1 Å². The Labute approximate surface area is 96.7 Å².